The predicted octanol–water partition coefficient (Wildman–Crippen LogP) is 4.61. The maximum absolute atomic E-state index is 12.9. The van der Waals surface area contributed by atoms with E-state index in [1.807, 2.05) is 60.9 Å². The lowest BCUT2D eigenvalue weighted by Gasteiger charge is -2.12. The highest BCUT2D eigenvalue weighted by molar-refractivity contribution is 5.90. The van der Waals surface area contributed by atoms with Crippen LogP contribution in [0.1, 0.15) is 50.9 Å². The molecule has 0 saturated heterocycles. The summed E-state index contributed by atoms with van der Waals surface area (Å²) in [4.78, 5) is 30.0. The summed E-state index contributed by atoms with van der Waals surface area (Å²) < 4.78 is 5.62. The number of imidazole rings is 2. The van der Waals surface area contributed by atoms with Crippen molar-refractivity contribution < 1.29 is 4.79 Å². The van der Waals surface area contributed by atoms with E-state index in [-0.39, 0.29) is 18.0 Å². The van der Waals surface area contributed by atoms with Crippen LogP contribution in [0.25, 0.3) is 11.0 Å². The minimum atomic E-state index is -0.114. The molecule has 0 saturated carbocycles. The number of rotatable bonds is 9. The Bertz CT molecular complexity index is 1310. The number of aromatic nitrogens is 4. The molecule has 0 aliphatic heterocycles. The first kappa shape index (κ1) is 22.6. The smallest absolute Gasteiger partial charge is 0.329 e. The molecular formula is C26H31N5O2. The van der Waals surface area contributed by atoms with E-state index < -0.39 is 0 Å². The summed E-state index contributed by atoms with van der Waals surface area (Å²) in [5.41, 5.74) is 3.56. The van der Waals surface area contributed by atoms with Gasteiger partial charge in [-0.3, -0.25) is 13.9 Å². The molecule has 0 radical (unpaired) electrons. The van der Waals surface area contributed by atoms with E-state index in [4.69, 9.17) is 0 Å². The summed E-state index contributed by atoms with van der Waals surface area (Å²) in [5, 5.41) is 2.98. The molecule has 172 valence electrons. The summed E-state index contributed by atoms with van der Waals surface area (Å²) >= 11 is 0. The third kappa shape index (κ3) is 4.92. The number of carbonyl (C=O) groups is 1. The van der Waals surface area contributed by atoms with E-state index in [0.717, 1.165) is 34.5 Å². The average Bonchev–Trinajstić information content (AvgIpc) is 3.36. The molecule has 0 aliphatic carbocycles. The summed E-state index contributed by atoms with van der Waals surface area (Å²) in [7, 11) is 0. The van der Waals surface area contributed by atoms with Crippen molar-refractivity contribution in [2.45, 2.75) is 59.2 Å². The second-order valence-corrected chi connectivity index (χ2v) is 8.64. The Morgan fingerprint density at radius 2 is 1.76 bits per heavy atom. The number of amides is 1. The van der Waals surface area contributed by atoms with Gasteiger partial charge in [-0.2, -0.15) is 0 Å². The van der Waals surface area contributed by atoms with Gasteiger partial charge in [0.05, 0.1) is 11.0 Å². The number of hydrogen-bond donors (Lipinski definition) is 1. The van der Waals surface area contributed by atoms with Gasteiger partial charge in [0, 0.05) is 50.1 Å². The number of para-hydroxylation sites is 2. The van der Waals surface area contributed by atoms with Crippen LogP contribution in [0.3, 0.4) is 0 Å². The van der Waals surface area contributed by atoms with Crippen LogP contribution in [0.4, 0.5) is 5.69 Å². The van der Waals surface area contributed by atoms with Gasteiger partial charge in [-0.25, -0.2) is 9.78 Å². The zero-order chi connectivity index (χ0) is 23.4. The molecule has 0 spiro atoms. The molecule has 4 aromatic rings. The van der Waals surface area contributed by atoms with E-state index in [2.05, 4.69) is 35.6 Å². The van der Waals surface area contributed by atoms with Crippen LogP contribution in [-0.2, 0) is 24.4 Å². The number of nitrogens with one attached hydrogen (secondary N) is 1. The van der Waals surface area contributed by atoms with E-state index in [0.29, 0.717) is 25.6 Å². The van der Waals surface area contributed by atoms with Crippen LogP contribution in [0.15, 0.2) is 65.7 Å². The van der Waals surface area contributed by atoms with Crippen molar-refractivity contribution in [3.05, 3.63) is 82.8 Å². The molecule has 1 amide bonds. The lowest BCUT2D eigenvalue weighted by Crippen LogP contribution is -2.26. The fourth-order valence-electron chi connectivity index (χ4n) is 4.26. The number of carbonyl (C=O) groups excluding carboxylic acids is 1. The second kappa shape index (κ2) is 9.90. The molecule has 4 rings (SSSR count). The van der Waals surface area contributed by atoms with Gasteiger partial charge in [-0.1, -0.05) is 45.0 Å². The Hall–Kier alpha value is -3.61. The van der Waals surface area contributed by atoms with Gasteiger partial charge in [0.15, 0.2) is 0 Å². The summed E-state index contributed by atoms with van der Waals surface area (Å²) in [6.45, 7) is 8.01. The number of benzene rings is 2. The van der Waals surface area contributed by atoms with Gasteiger partial charge < -0.3 is 9.88 Å². The number of nitrogens with zero attached hydrogens (tertiary/aromatic N) is 4. The number of fused-ring (bicyclic) bond motifs is 1. The molecule has 0 bridgehead atoms. The third-order valence-corrected chi connectivity index (χ3v) is 5.76. The van der Waals surface area contributed by atoms with Crippen LogP contribution < -0.4 is 11.0 Å². The Morgan fingerprint density at radius 1 is 1.03 bits per heavy atom. The van der Waals surface area contributed by atoms with Crippen LogP contribution in [-0.4, -0.2) is 24.6 Å². The molecule has 7 heteroatoms. The fraction of sp³-hybridized carbons (Fsp3) is 0.346. The maximum Gasteiger partial charge on any atom is 0.329 e. The van der Waals surface area contributed by atoms with Gasteiger partial charge in [0.1, 0.15) is 5.82 Å². The van der Waals surface area contributed by atoms with Gasteiger partial charge in [-0.05, 0) is 36.2 Å². The van der Waals surface area contributed by atoms with Crippen molar-refractivity contribution in [3.8, 4) is 0 Å². The minimum Gasteiger partial charge on any atom is -0.330 e. The summed E-state index contributed by atoms with van der Waals surface area (Å²) in [6, 6.07) is 15.6. The Morgan fingerprint density at radius 3 is 2.45 bits per heavy atom. The van der Waals surface area contributed by atoms with Gasteiger partial charge in [0.25, 0.3) is 0 Å². The first-order chi connectivity index (χ1) is 16.0. The molecule has 2 heterocycles. The molecule has 0 atom stereocenters. The Balaban J connectivity index is 1.44. The third-order valence-electron chi connectivity index (χ3n) is 5.76. The quantitative estimate of drug-likeness (QED) is 0.409. The van der Waals surface area contributed by atoms with Crippen molar-refractivity contribution in [3.63, 3.8) is 0 Å². The largest absolute Gasteiger partial charge is 0.330 e. The number of anilines is 1. The SMILES string of the molecule is CCCn1c(=O)n(CCC(=O)Nc2cccc(Cn3ccnc3C(C)C)c2)c2ccccc21. The monoisotopic (exact) mass is 445 g/mol. The number of aryl methyl sites for hydroxylation is 2. The topological polar surface area (TPSA) is 73.8 Å². The standard InChI is InChI=1S/C26H31N5O2/c1-4-14-30-22-10-5-6-11-23(22)31(26(30)33)15-12-24(32)28-21-9-7-8-20(17-21)18-29-16-13-27-25(29)19(2)3/h5-11,13,16-17,19H,4,12,14-15,18H2,1-3H3,(H,28,32). The molecular weight excluding hydrogens is 414 g/mol. The Kier molecular flexibility index (Phi) is 6.77. The highest BCUT2D eigenvalue weighted by atomic mass is 16.2. The van der Waals surface area contributed by atoms with Gasteiger partial charge in [-0.15, -0.1) is 0 Å². The van der Waals surface area contributed by atoms with Gasteiger partial charge in [0.2, 0.25) is 5.91 Å². The van der Waals surface area contributed by atoms with E-state index in [1.165, 1.54) is 0 Å². The number of hydrogen-bond acceptors (Lipinski definition) is 3. The van der Waals surface area contributed by atoms with Crippen molar-refractivity contribution in [1.82, 2.24) is 18.7 Å². The van der Waals surface area contributed by atoms with E-state index in [1.54, 1.807) is 9.13 Å². The maximum atomic E-state index is 12.9. The van der Waals surface area contributed by atoms with E-state index >= 15 is 0 Å². The molecule has 1 N–H and O–H groups in total. The zero-order valence-corrected chi connectivity index (χ0v) is 19.5. The zero-order valence-electron chi connectivity index (χ0n) is 19.5. The highest BCUT2D eigenvalue weighted by Crippen LogP contribution is 2.17. The van der Waals surface area contributed by atoms with Crippen molar-refractivity contribution in [2.75, 3.05) is 5.32 Å². The van der Waals surface area contributed by atoms with Crippen LogP contribution in [0.2, 0.25) is 0 Å². The average molecular weight is 446 g/mol. The summed E-state index contributed by atoms with van der Waals surface area (Å²) in [6.07, 6.45) is 4.90. The predicted molar refractivity (Wildman–Crippen MR) is 132 cm³/mol. The van der Waals surface area contributed by atoms with Crippen LogP contribution in [0.5, 0.6) is 0 Å². The molecule has 2 aromatic carbocycles. The first-order valence-electron chi connectivity index (χ1n) is 11.6. The molecule has 2 aromatic heterocycles. The Labute approximate surface area is 193 Å². The van der Waals surface area contributed by atoms with Crippen molar-refractivity contribution in [1.29, 1.82) is 0 Å². The second-order valence-electron chi connectivity index (χ2n) is 8.64. The first-order valence-corrected chi connectivity index (χ1v) is 11.6. The molecule has 0 fully saturated rings. The summed E-state index contributed by atoms with van der Waals surface area (Å²) in [5.74, 6) is 1.27. The van der Waals surface area contributed by atoms with Crippen molar-refractivity contribution in [2.24, 2.45) is 0 Å². The molecule has 7 nitrogen and oxygen atoms in total. The van der Waals surface area contributed by atoms with Gasteiger partial charge >= 0.3 is 5.69 Å². The highest BCUT2D eigenvalue weighted by Gasteiger charge is 2.14. The van der Waals surface area contributed by atoms with Crippen molar-refractivity contribution >= 4 is 22.6 Å². The minimum absolute atomic E-state index is 0.0610. The molecule has 0 unspecified atom stereocenters. The van der Waals surface area contributed by atoms with Crippen LogP contribution >= 0.6 is 0 Å². The van der Waals surface area contributed by atoms with Crippen LogP contribution in [0, 0.1) is 0 Å². The molecule has 0 aliphatic rings. The fourth-order valence-corrected chi connectivity index (χ4v) is 4.26. The molecule has 33 heavy (non-hydrogen) atoms. The lowest BCUT2D eigenvalue weighted by molar-refractivity contribution is -0.116. The normalized spacial score (nSPS) is 11.4. The van der Waals surface area contributed by atoms with E-state index in [9.17, 15) is 9.59 Å². The lowest BCUT2D eigenvalue weighted by atomic mass is 10.1.